The van der Waals surface area contributed by atoms with Gasteiger partial charge in [0.05, 0.1) is 18.5 Å². The first-order chi connectivity index (χ1) is 8.76. The minimum atomic E-state index is 0.215. The van der Waals surface area contributed by atoms with Gasteiger partial charge in [-0.05, 0) is 37.8 Å². The summed E-state index contributed by atoms with van der Waals surface area (Å²) in [6.07, 6.45) is 4.47. The zero-order valence-electron chi connectivity index (χ0n) is 10.9. The first-order valence-electron chi connectivity index (χ1n) is 6.57. The van der Waals surface area contributed by atoms with E-state index in [1.54, 1.807) is 7.11 Å². The predicted molar refractivity (Wildman–Crippen MR) is 74.1 cm³/mol. The van der Waals surface area contributed by atoms with Crippen molar-refractivity contribution in [2.75, 3.05) is 30.9 Å². The number of benzene rings is 1. The van der Waals surface area contributed by atoms with Crippen molar-refractivity contribution in [2.24, 2.45) is 0 Å². The molecule has 1 aliphatic carbocycles. The number of nitrogens with two attached hydrogens (primary N) is 1. The molecule has 0 aromatic heterocycles. The SMILES string of the molecule is COc1ccc(N)c(N(CCCO)C2CCC2)c1. The van der Waals surface area contributed by atoms with E-state index in [1.807, 2.05) is 18.2 Å². The summed E-state index contributed by atoms with van der Waals surface area (Å²) in [5.74, 6) is 0.826. The maximum absolute atomic E-state index is 9.02. The number of nitrogens with zero attached hydrogens (tertiary/aromatic N) is 1. The van der Waals surface area contributed by atoms with Gasteiger partial charge in [-0.2, -0.15) is 0 Å². The summed E-state index contributed by atoms with van der Waals surface area (Å²) in [6, 6.07) is 6.32. The molecule has 3 N–H and O–H groups in total. The standard InChI is InChI=1S/C14H22N2O2/c1-18-12-6-7-13(15)14(10-12)16(8-3-9-17)11-4-2-5-11/h6-7,10-11,17H,2-5,8-9,15H2,1H3. The van der Waals surface area contributed by atoms with Crippen LogP contribution in [0, 0.1) is 0 Å². The third kappa shape index (κ3) is 2.70. The van der Waals surface area contributed by atoms with Crippen LogP contribution in [0.5, 0.6) is 5.75 Å². The molecule has 0 spiro atoms. The molecule has 0 heterocycles. The van der Waals surface area contributed by atoms with Gasteiger partial charge < -0.3 is 20.5 Å². The van der Waals surface area contributed by atoms with Gasteiger partial charge in [0, 0.05) is 25.3 Å². The van der Waals surface area contributed by atoms with Crippen molar-refractivity contribution in [3.63, 3.8) is 0 Å². The Morgan fingerprint density at radius 1 is 1.44 bits per heavy atom. The van der Waals surface area contributed by atoms with Crippen molar-refractivity contribution >= 4 is 11.4 Å². The smallest absolute Gasteiger partial charge is 0.121 e. The van der Waals surface area contributed by atoms with Crippen molar-refractivity contribution in [2.45, 2.75) is 31.7 Å². The molecule has 4 nitrogen and oxygen atoms in total. The number of anilines is 2. The Balaban J connectivity index is 2.22. The quantitative estimate of drug-likeness (QED) is 0.758. The first kappa shape index (κ1) is 13.0. The van der Waals surface area contributed by atoms with E-state index in [2.05, 4.69) is 4.90 Å². The second-order valence-corrected chi connectivity index (χ2v) is 4.78. The normalized spacial score (nSPS) is 15.2. The van der Waals surface area contributed by atoms with Crippen molar-refractivity contribution < 1.29 is 9.84 Å². The van der Waals surface area contributed by atoms with Gasteiger partial charge in [0.2, 0.25) is 0 Å². The molecule has 100 valence electrons. The van der Waals surface area contributed by atoms with Crippen LogP contribution >= 0.6 is 0 Å². The van der Waals surface area contributed by atoms with Crippen molar-refractivity contribution in [3.05, 3.63) is 18.2 Å². The van der Waals surface area contributed by atoms with Gasteiger partial charge >= 0.3 is 0 Å². The van der Waals surface area contributed by atoms with E-state index in [0.717, 1.165) is 30.1 Å². The maximum Gasteiger partial charge on any atom is 0.121 e. The molecule has 2 rings (SSSR count). The molecule has 0 bridgehead atoms. The van der Waals surface area contributed by atoms with Crippen LogP contribution < -0.4 is 15.4 Å². The molecule has 1 aromatic carbocycles. The van der Waals surface area contributed by atoms with Gasteiger partial charge in [-0.25, -0.2) is 0 Å². The summed E-state index contributed by atoms with van der Waals surface area (Å²) >= 11 is 0. The van der Waals surface area contributed by atoms with Crippen LogP contribution in [0.3, 0.4) is 0 Å². The number of hydrogen-bond donors (Lipinski definition) is 2. The lowest BCUT2D eigenvalue weighted by molar-refractivity contribution is 0.283. The fraction of sp³-hybridized carbons (Fsp3) is 0.571. The van der Waals surface area contributed by atoms with E-state index in [9.17, 15) is 0 Å². The molecule has 18 heavy (non-hydrogen) atoms. The molecular weight excluding hydrogens is 228 g/mol. The summed E-state index contributed by atoms with van der Waals surface area (Å²) in [6.45, 7) is 1.06. The fourth-order valence-electron chi connectivity index (χ4n) is 2.34. The van der Waals surface area contributed by atoms with Crippen LogP contribution in [0.4, 0.5) is 11.4 Å². The van der Waals surface area contributed by atoms with Crippen LogP contribution in [0.2, 0.25) is 0 Å². The predicted octanol–water partition coefficient (Wildman–Crippen LogP) is 2.02. The summed E-state index contributed by atoms with van der Waals surface area (Å²) in [7, 11) is 1.66. The Bertz CT molecular complexity index is 391. The molecule has 0 atom stereocenters. The Morgan fingerprint density at radius 2 is 2.22 bits per heavy atom. The Kier molecular flexibility index (Phi) is 4.31. The average Bonchev–Trinajstić information content (AvgIpc) is 2.33. The number of ether oxygens (including phenoxy) is 1. The third-order valence-corrected chi connectivity index (χ3v) is 3.62. The number of methoxy groups -OCH3 is 1. The second-order valence-electron chi connectivity index (χ2n) is 4.78. The largest absolute Gasteiger partial charge is 0.497 e. The number of aliphatic hydroxyl groups is 1. The van der Waals surface area contributed by atoms with E-state index in [1.165, 1.54) is 19.3 Å². The van der Waals surface area contributed by atoms with E-state index in [0.29, 0.717) is 6.04 Å². The highest BCUT2D eigenvalue weighted by atomic mass is 16.5. The monoisotopic (exact) mass is 250 g/mol. The second kappa shape index (κ2) is 5.96. The van der Waals surface area contributed by atoms with E-state index in [-0.39, 0.29) is 6.61 Å². The number of nitrogen functional groups attached to an aromatic ring is 1. The molecule has 1 fully saturated rings. The zero-order valence-corrected chi connectivity index (χ0v) is 10.9. The van der Waals surface area contributed by atoms with Crippen LogP contribution in [0.25, 0.3) is 0 Å². The Labute approximate surface area is 108 Å². The third-order valence-electron chi connectivity index (χ3n) is 3.62. The number of hydrogen-bond acceptors (Lipinski definition) is 4. The molecule has 0 unspecified atom stereocenters. The molecule has 4 heteroatoms. The first-order valence-corrected chi connectivity index (χ1v) is 6.57. The van der Waals surface area contributed by atoms with Gasteiger partial charge in [-0.15, -0.1) is 0 Å². The molecule has 1 aromatic rings. The highest BCUT2D eigenvalue weighted by molar-refractivity contribution is 5.70. The molecule has 0 aliphatic heterocycles. The minimum absolute atomic E-state index is 0.215. The summed E-state index contributed by atoms with van der Waals surface area (Å²) in [4.78, 5) is 2.32. The molecule has 0 saturated heterocycles. The minimum Gasteiger partial charge on any atom is -0.497 e. The van der Waals surface area contributed by atoms with Crippen LogP contribution in [-0.4, -0.2) is 31.4 Å². The summed E-state index contributed by atoms with van der Waals surface area (Å²) < 4.78 is 5.26. The highest BCUT2D eigenvalue weighted by Crippen LogP contribution is 2.35. The van der Waals surface area contributed by atoms with Crippen LogP contribution in [0.15, 0.2) is 18.2 Å². The van der Waals surface area contributed by atoms with Crippen molar-refractivity contribution in [1.82, 2.24) is 0 Å². The summed E-state index contributed by atoms with van der Waals surface area (Å²) in [5, 5.41) is 9.02. The van der Waals surface area contributed by atoms with Gasteiger partial charge in [-0.1, -0.05) is 0 Å². The molecule has 1 saturated carbocycles. The van der Waals surface area contributed by atoms with Gasteiger partial charge in [0.1, 0.15) is 5.75 Å². The lowest BCUT2D eigenvalue weighted by Crippen LogP contribution is -2.41. The van der Waals surface area contributed by atoms with Crippen molar-refractivity contribution in [1.29, 1.82) is 0 Å². The lowest BCUT2D eigenvalue weighted by Gasteiger charge is -2.40. The molecule has 0 radical (unpaired) electrons. The Hall–Kier alpha value is -1.42. The highest BCUT2D eigenvalue weighted by Gasteiger charge is 2.26. The van der Waals surface area contributed by atoms with Crippen LogP contribution in [0.1, 0.15) is 25.7 Å². The zero-order chi connectivity index (χ0) is 13.0. The van der Waals surface area contributed by atoms with E-state index in [4.69, 9.17) is 15.6 Å². The Morgan fingerprint density at radius 3 is 2.78 bits per heavy atom. The summed E-state index contributed by atoms with van der Waals surface area (Å²) in [5.41, 5.74) is 7.89. The van der Waals surface area contributed by atoms with E-state index >= 15 is 0 Å². The number of rotatable bonds is 6. The van der Waals surface area contributed by atoms with Crippen LogP contribution in [-0.2, 0) is 0 Å². The van der Waals surface area contributed by atoms with Gasteiger partial charge in [-0.3, -0.25) is 0 Å². The van der Waals surface area contributed by atoms with E-state index < -0.39 is 0 Å². The number of aliphatic hydroxyl groups excluding tert-OH is 1. The molecular formula is C14H22N2O2. The average molecular weight is 250 g/mol. The van der Waals surface area contributed by atoms with Gasteiger partial charge in [0.15, 0.2) is 0 Å². The van der Waals surface area contributed by atoms with Gasteiger partial charge in [0.25, 0.3) is 0 Å². The topological polar surface area (TPSA) is 58.7 Å². The molecule has 0 amide bonds. The molecule has 1 aliphatic rings. The fourth-order valence-corrected chi connectivity index (χ4v) is 2.34. The van der Waals surface area contributed by atoms with Crippen molar-refractivity contribution in [3.8, 4) is 5.75 Å². The maximum atomic E-state index is 9.02. The lowest BCUT2D eigenvalue weighted by atomic mass is 9.90.